The van der Waals surface area contributed by atoms with Crippen molar-refractivity contribution in [2.45, 2.75) is 43.1 Å². The van der Waals surface area contributed by atoms with Gasteiger partial charge in [0.25, 0.3) is 0 Å². The first-order valence-corrected chi connectivity index (χ1v) is 7.95. The second-order valence-electron chi connectivity index (χ2n) is 4.74. The quantitative estimate of drug-likeness (QED) is 0.777. The number of rotatable bonds is 5. The minimum atomic E-state index is 0.641. The molecule has 0 unspecified atom stereocenters. The maximum Gasteiger partial charge on any atom is 0.191 e. The van der Waals surface area contributed by atoms with Gasteiger partial charge in [0, 0.05) is 23.2 Å². The fourth-order valence-electron chi connectivity index (χ4n) is 2.11. The van der Waals surface area contributed by atoms with Crippen LogP contribution in [0.1, 0.15) is 37.1 Å². The molecular formula is C14H16ClN3S. The third-order valence-electron chi connectivity index (χ3n) is 3.32. The van der Waals surface area contributed by atoms with Crippen LogP contribution in [0.15, 0.2) is 29.4 Å². The fraction of sp³-hybridized carbons (Fsp3) is 0.429. The minimum absolute atomic E-state index is 0.641. The summed E-state index contributed by atoms with van der Waals surface area (Å²) in [6.45, 7) is 3.08. The van der Waals surface area contributed by atoms with Gasteiger partial charge >= 0.3 is 0 Å². The molecule has 1 fully saturated rings. The molecule has 0 amide bonds. The van der Waals surface area contributed by atoms with Crippen LogP contribution in [0.25, 0.3) is 0 Å². The summed E-state index contributed by atoms with van der Waals surface area (Å²) in [6.07, 6.45) is 2.51. The Morgan fingerprint density at radius 2 is 2.11 bits per heavy atom. The summed E-state index contributed by atoms with van der Waals surface area (Å²) in [7, 11) is 0. The molecule has 3 rings (SSSR count). The molecule has 100 valence electrons. The highest BCUT2D eigenvalue weighted by Gasteiger charge is 2.29. The van der Waals surface area contributed by atoms with Gasteiger partial charge in [0.2, 0.25) is 0 Å². The number of benzene rings is 1. The summed E-state index contributed by atoms with van der Waals surface area (Å²) in [5.41, 5.74) is 1.15. The Bertz CT molecular complexity index is 578. The van der Waals surface area contributed by atoms with Gasteiger partial charge in [-0.2, -0.15) is 0 Å². The molecule has 0 N–H and O–H groups in total. The van der Waals surface area contributed by atoms with Crippen molar-refractivity contribution in [2.24, 2.45) is 0 Å². The normalized spacial score (nSPS) is 14.8. The number of nitrogens with zero attached hydrogens (tertiary/aromatic N) is 3. The SMILES string of the molecule is CCn1c(SCc2ccccc2Cl)nnc1C1CC1. The predicted molar refractivity (Wildman–Crippen MR) is 78.7 cm³/mol. The molecular weight excluding hydrogens is 278 g/mol. The highest BCUT2D eigenvalue weighted by atomic mass is 35.5. The molecule has 2 aromatic rings. The fourth-order valence-corrected chi connectivity index (χ4v) is 3.40. The summed E-state index contributed by atoms with van der Waals surface area (Å²) < 4.78 is 2.24. The van der Waals surface area contributed by atoms with Crippen molar-refractivity contribution in [1.29, 1.82) is 0 Å². The molecule has 0 atom stereocenters. The van der Waals surface area contributed by atoms with E-state index in [0.717, 1.165) is 33.9 Å². The van der Waals surface area contributed by atoms with E-state index in [9.17, 15) is 0 Å². The molecule has 1 aliphatic carbocycles. The van der Waals surface area contributed by atoms with Gasteiger partial charge in [-0.3, -0.25) is 0 Å². The van der Waals surface area contributed by atoms with E-state index >= 15 is 0 Å². The zero-order chi connectivity index (χ0) is 13.2. The van der Waals surface area contributed by atoms with Crippen molar-refractivity contribution in [3.05, 3.63) is 40.7 Å². The Labute approximate surface area is 122 Å². The van der Waals surface area contributed by atoms with Crippen LogP contribution in [-0.2, 0) is 12.3 Å². The van der Waals surface area contributed by atoms with Crippen LogP contribution in [0.2, 0.25) is 5.02 Å². The average Bonchev–Trinajstić information content (AvgIpc) is 3.18. The van der Waals surface area contributed by atoms with Gasteiger partial charge < -0.3 is 4.57 Å². The minimum Gasteiger partial charge on any atom is -0.306 e. The molecule has 0 radical (unpaired) electrons. The summed E-state index contributed by atoms with van der Waals surface area (Å²) in [4.78, 5) is 0. The molecule has 3 nitrogen and oxygen atoms in total. The number of aromatic nitrogens is 3. The van der Waals surface area contributed by atoms with E-state index in [2.05, 4.69) is 27.8 Å². The third-order valence-corrected chi connectivity index (χ3v) is 4.70. The maximum absolute atomic E-state index is 6.17. The first-order chi connectivity index (χ1) is 9.29. The summed E-state index contributed by atoms with van der Waals surface area (Å²) in [5, 5.41) is 10.5. The Balaban J connectivity index is 1.75. The van der Waals surface area contributed by atoms with E-state index in [-0.39, 0.29) is 0 Å². The van der Waals surface area contributed by atoms with Crippen LogP contribution in [-0.4, -0.2) is 14.8 Å². The zero-order valence-corrected chi connectivity index (χ0v) is 12.4. The first kappa shape index (κ1) is 13.0. The van der Waals surface area contributed by atoms with Gasteiger partial charge in [0.05, 0.1) is 0 Å². The lowest BCUT2D eigenvalue weighted by molar-refractivity contribution is 0.643. The molecule has 1 aromatic heterocycles. The molecule has 5 heteroatoms. The van der Waals surface area contributed by atoms with Gasteiger partial charge in [-0.15, -0.1) is 10.2 Å². The smallest absolute Gasteiger partial charge is 0.191 e. The number of hydrogen-bond donors (Lipinski definition) is 0. The highest BCUT2D eigenvalue weighted by molar-refractivity contribution is 7.98. The third kappa shape index (κ3) is 2.79. The monoisotopic (exact) mass is 293 g/mol. The van der Waals surface area contributed by atoms with Gasteiger partial charge in [-0.25, -0.2) is 0 Å². The molecule has 0 spiro atoms. The van der Waals surface area contributed by atoms with Crippen molar-refractivity contribution in [3.63, 3.8) is 0 Å². The first-order valence-electron chi connectivity index (χ1n) is 6.59. The Morgan fingerprint density at radius 1 is 1.32 bits per heavy atom. The van der Waals surface area contributed by atoms with E-state index in [4.69, 9.17) is 11.6 Å². The molecule has 0 saturated heterocycles. The van der Waals surface area contributed by atoms with E-state index in [1.807, 2.05) is 18.2 Å². The second-order valence-corrected chi connectivity index (χ2v) is 6.09. The number of halogens is 1. The average molecular weight is 294 g/mol. The molecule has 1 aliphatic rings. The van der Waals surface area contributed by atoms with Crippen molar-refractivity contribution in [1.82, 2.24) is 14.8 Å². The van der Waals surface area contributed by atoms with Crippen molar-refractivity contribution < 1.29 is 0 Å². The van der Waals surface area contributed by atoms with Crippen LogP contribution in [0.4, 0.5) is 0 Å². The van der Waals surface area contributed by atoms with Crippen LogP contribution in [0.5, 0.6) is 0 Å². The van der Waals surface area contributed by atoms with Crippen LogP contribution in [0, 0.1) is 0 Å². The Hall–Kier alpha value is -1.00. The molecule has 0 bridgehead atoms. The molecule has 19 heavy (non-hydrogen) atoms. The molecule has 1 aromatic carbocycles. The lowest BCUT2D eigenvalue weighted by Crippen LogP contribution is -2.02. The van der Waals surface area contributed by atoms with Crippen LogP contribution in [0.3, 0.4) is 0 Å². The van der Waals surface area contributed by atoms with Crippen LogP contribution >= 0.6 is 23.4 Å². The summed E-state index contributed by atoms with van der Waals surface area (Å²) in [5.74, 6) is 2.63. The zero-order valence-electron chi connectivity index (χ0n) is 10.8. The predicted octanol–water partition coefficient (Wildman–Crippen LogP) is 4.12. The van der Waals surface area contributed by atoms with Crippen molar-refractivity contribution in [3.8, 4) is 0 Å². The van der Waals surface area contributed by atoms with E-state index in [1.165, 1.54) is 12.8 Å². The molecule has 1 saturated carbocycles. The lowest BCUT2D eigenvalue weighted by atomic mass is 10.2. The van der Waals surface area contributed by atoms with E-state index in [1.54, 1.807) is 11.8 Å². The Kier molecular flexibility index (Phi) is 3.80. The van der Waals surface area contributed by atoms with Gasteiger partial charge in [0.1, 0.15) is 5.82 Å². The largest absolute Gasteiger partial charge is 0.306 e. The summed E-state index contributed by atoms with van der Waals surface area (Å²) in [6, 6.07) is 7.96. The molecule has 0 aliphatic heterocycles. The number of thioether (sulfide) groups is 1. The van der Waals surface area contributed by atoms with E-state index in [0.29, 0.717) is 5.92 Å². The van der Waals surface area contributed by atoms with E-state index < -0.39 is 0 Å². The highest BCUT2D eigenvalue weighted by Crippen LogP contribution is 2.40. The standard InChI is InChI=1S/C14H16ClN3S/c1-2-18-13(10-7-8-10)16-17-14(18)19-9-11-5-3-4-6-12(11)15/h3-6,10H,2,7-9H2,1H3. The van der Waals surface area contributed by atoms with Crippen molar-refractivity contribution >= 4 is 23.4 Å². The second kappa shape index (κ2) is 5.55. The van der Waals surface area contributed by atoms with Crippen molar-refractivity contribution in [2.75, 3.05) is 0 Å². The Morgan fingerprint density at radius 3 is 2.79 bits per heavy atom. The maximum atomic E-state index is 6.17. The molecule has 1 heterocycles. The topological polar surface area (TPSA) is 30.7 Å². The lowest BCUT2D eigenvalue weighted by Gasteiger charge is -2.07. The van der Waals surface area contributed by atoms with Gasteiger partial charge in [-0.1, -0.05) is 41.6 Å². The van der Waals surface area contributed by atoms with Crippen LogP contribution < -0.4 is 0 Å². The number of hydrogen-bond acceptors (Lipinski definition) is 3. The van der Waals surface area contributed by atoms with Gasteiger partial charge in [0.15, 0.2) is 5.16 Å². The summed E-state index contributed by atoms with van der Waals surface area (Å²) >= 11 is 7.88. The van der Waals surface area contributed by atoms with Gasteiger partial charge in [-0.05, 0) is 31.4 Å².